The summed E-state index contributed by atoms with van der Waals surface area (Å²) in [6.07, 6.45) is 0.764. The maximum Gasteiger partial charge on any atom is 0.328 e. The molecular weight excluding hydrogens is 214 g/mol. The summed E-state index contributed by atoms with van der Waals surface area (Å²) in [5.41, 5.74) is 2.15. The van der Waals surface area contributed by atoms with Gasteiger partial charge in [-0.3, -0.25) is 0 Å². The largest absolute Gasteiger partial charge is 0.467 e. The highest BCUT2D eigenvalue weighted by molar-refractivity contribution is 5.79. The minimum atomic E-state index is -0.275. The Morgan fingerprint density at radius 1 is 1.29 bits per heavy atom. The van der Waals surface area contributed by atoms with Gasteiger partial charge >= 0.3 is 5.97 Å². The Kier molecular flexibility index (Phi) is 5.01. The van der Waals surface area contributed by atoms with Crippen LogP contribution in [0.2, 0.25) is 0 Å². The second-order valence-electron chi connectivity index (χ2n) is 4.72. The molecule has 0 aliphatic heterocycles. The van der Waals surface area contributed by atoms with Crippen LogP contribution in [0.1, 0.15) is 25.8 Å². The van der Waals surface area contributed by atoms with E-state index < -0.39 is 0 Å². The monoisotopic (exact) mass is 235 g/mol. The van der Waals surface area contributed by atoms with Gasteiger partial charge in [0.05, 0.1) is 7.11 Å². The first-order valence-corrected chi connectivity index (χ1v) is 5.94. The molecule has 17 heavy (non-hydrogen) atoms. The van der Waals surface area contributed by atoms with Gasteiger partial charge in [-0.05, 0) is 31.4 Å². The fraction of sp³-hybridized carbons (Fsp3) is 0.500. The minimum Gasteiger partial charge on any atom is -0.467 e. The first-order valence-electron chi connectivity index (χ1n) is 5.94. The molecule has 0 saturated carbocycles. The van der Waals surface area contributed by atoms with E-state index in [1.807, 2.05) is 31.2 Å². The molecule has 1 unspecified atom stereocenters. The zero-order valence-electron chi connectivity index (χ0n) is 11.0. The van der Waals surface area contributed by atoms with Crippen molar-refractivity contribution in [2.45, 2.75) is 33.2 Å². The van der Waals surface area contributed by atoms with Crippen molar-refractivity contribution in [3.05, 3.63) is 29.8 Å². The molecule has 0 heterocycles. The maximum absolute atomic E-state index is 11.6. The van der Waals surface area contributed by atoms with Gasteiger partial charge in [-0.1, -0.05) is 31.5 Å². The van der Waals surface area contributed by atoms with Crippen LogP contribution >= 0.6 is 0 Å². The third-order valence-corrected chi connectivity index (χ3v) is 2.59. The van der Waals surface area contributed by atoms with Gasteiger partial charge in [0.15, 0.2) is 0 Å². The second-order valence-corrected chi connectivity index (χ2v) is 4.72. The molecule has 94 valence electrons. The van der Waals surface area contributed by atoms with Gasteiger partial charge in [0, 0.05) is 5.69 Å². The number of carbonyl (C=O) groups is 1. The highest BCUT2D eigenvalue weighted by Crippen LogP contribution is 2.15. The zero-order valence-corrected chi connectivity index (χ0v) is 11.0. The lowest BCUT2D eigenvalue weighted by Crippen LogP contribution is -2.32. The molecule has 0 aliphatic carbocycles. The summed E-state index contributed by atoms with van der Waals surface area (Å²) >= 11 is 0. The van der Waals surface area contributed by atoms with E-state index in [1.54, 1.807) is 0 Å². The van der Waals surface area contributed by atoms with E-state index in [-0.39, 0.29) is 12.0 Å². The van der Waals surface area contributed by atoms with Crippen LogP contribution in [0.3, 0.4) is 0 Å². The molecule has 0 fully saturated rings. The van der Waals surface area contributed by atoms with E-state index in [9.17, 15) is 4.79 Å². The van der Waals surface area contributed by atoms with Gasteiger partial charge < -0.3 is 10.1 Å². The van der Waals surface area contributed by atoms with Crippen LogP contribution in [0, 0.1) is 12.8 Å². The Morgan fingerprint density at radius 2 is 1.88 bits per heavy atom. The van der Waals surface area contributed by atoms with Gasteiger partial charge in [-0.15, -0.1) is 0 Å². The Morgan fingerprint density at radius 3 is 2.35 bits per heavy atom. The summed E-state index contributed by atoms with van der Waals surface area (Å²) in [5.74, 6) is 0.233. The summed E-state index contributed by atoms with van der Waals surface area (Å²) in [6.45, 7) is 6.22. The van der Waals surface area contributed by atoms with Crippen LogP contribution in [-0.2, 0) is 9.53 Å². The maximum atomic E-state index is 11.6. The number of anilines is 1. The van der Waals surface area contributed by atoms with Crippen molar-refractivity contribution in [3.8, 4) is 0 Å². The number of esters is 1. The molecule has 0 bridgehead atoms. The molecule has 3 heteroatoms. The van der Waals surface area contributed by atoms with E-state index in [1.165, 1.54) is 12.7 Å². The van der Waals surface area contributed by atoms with Crippen molar-refractivity contribution >= 4 is 11.7 Å². The van der Waals surface area contributed by atoms with Crippen LogP contribution < -0.4 is 5.32 Å². The smallest absolute Gasteiger partial charge is 0.328 e. The van der Waals surface area contributed by atoms with E-state index >= 15 is 0 Å². The first kappa shape index (κ1) is 13.6. The summed E-state index contributed by atoms with van der Waals surface area (Å²) in [7, 11) is 1.42. The molecule has 1 atom stereocenters. The van der Waals surface area contributed by atoms with Crippen molar-refractivity contribution < 1.29 is 9.53 Å². The molecule has 0 aliphatic rings. The lowest BCUT2D eigenvalue weighted by Gasteiger charge is -2.19. The Bertz CT molecular complexity index is 357. The highest BCUT2D eigenvalue weighted by Gasteiger charge is 2.19. The number of methoxy groups -OCH3 is 1. The van der Waals surface area contributed by atoms with E-state index in [0.29, 0.717) is 5.92 Å². The number of rotatable bonds is 5. The standard InChI is InChI=1S/C14H21NO2/c1-10(2)9-13(14(16)17-4)15-12-7-5-11(3)6-8-12/h5-8,10,13,15H,9H2,1-4H3. The molecule has 1 N–H and O–H groups in total. The lowest BCUT2D eigenvalue weighted by molar-refractivity contribution is -0.141. The molecule has 0 aromatic heterocycles. The van der Waals surface area contributed by atoms with Gasteiger partial charge in [0.2, 0.25) is 0 Å². The molecule has 1 aromatic rings. The average molecular weight is 235 g/mol. The zero-order chi connectivity index (χ0) is 12.8. The number of hydrogen-bond donors (Lipinski definition) is 1. The van der Waals surface area contributed by atoms with E-state index in [0.717, 1.165) is 12.1 Å². The molecule has 1 aromatic carbocycles. The quantitative estimate of drug-likeness (QED) is 0.797. The molecule has 0 radical (unpaired) electrons. The molecule has 0 saturated heterocycles. The minimum absolute atomic E-state index is 0.209. The number of nitrogens with one attached hydrogen (secondary N) is 1. The van der Waals surface area contributed by atoms with Gasteiger partial charge in [0.1, 0.15) is 6.04 Å². The molecule has 0 spiro atoms. The Labute approximate surface area is 103 Å². The second kappa shape index (κ2) is 6.28. The van der Waals surface area contributed by atoms with Crippen LogP contribution in [0.4, 0.5) is 5.69 Å². The van der Waals surface area contributed by atoms with Crippen LogP contribution in [0.5, 0.6) is 0 Å². The lowest BCUT2D eigenvalue weighted by atomic mass is 10.0. The number of aryl methyl sites for hydroxylation is 1. The number of benzene rings is 1. The number of hydrogen-bond acceptors (Lipinski definition) is 3. The summed E-state index contributed by atoms with van der Waals surface area (Å²) < 4.78 is 4.81. The predicted octanol–water partition coefficient (Wildman–Crippen LogP) is 2.99. The van der Waals surface area contributed by atoms with E-state index in [4.69, 9.17) is 4.74 Å². The normalized spacial score (nSPS) is 12.3. The van der Waals surface area contributed by atoms with Gasteiger partial charge in [0.25, 0.3) is 0 Å². The third kappa shape index (κ3) is 4.47. The Balaban J connectivity index is 2.71. The fourth-order valence-electron chi connectivity index (χ4n) is 1.68. The summed E-state index contributed by atoms with van der Waals surface area (Å²) in [5, 5.41) is 3.21. The van der Waals surface area contributed by atoms with Crippen LogP contribution in [0.25, 0.3) is 0 Å². The van der Waals surface area contributed by atoms with E-state index in [2.05, 4.69) is 19.2 Å². The SMILES string of the molecule is COC(=O)C(CC(C)C)Nc1ccc(C)cc1. The summed E-state index contributed by atoms with van der Waals surface area (Å²) in [4.78, 5) is 11.6. The molecular formula is C14H21NO2. The fourth-order valence-corrected chi connectivity index (χ4v) is 1.68. The number of carbonyl (C=O) groups excluding carboxylic acids is 1. The first-order chi connectivity index (χ1) is 8.02. The van der Waals surface area contributed by atoms with Gasteiger partial charge in [-0.25, -0.2) is 4.79 Å². The topological polar surface area (TPSA) is 38.3 Å². The average Bonchev–Trinajstić information content (AvgIpc) is 2.29. The predicted molar refractivity (Wildman–Crippen MR) is 70.1 cm³/mol. The van der Waals surface area contributed by atoms with Crippen molar-refractivity contribution in [1.29, 1.82) is 0 Å². The van der Waals surface area contributed by atoms with Crippen LogP contribution in [-0.4, -0.2) is 19.1 Å². The Hall–Kier alpha value is -1.51. The number of ether oxygens (including phenoxy) is 1. The third-order valence-electron chi connectivity index (χ3n) is 2.59. The van der Waals surface area contributed by atoms with Gasteiger partial charge in [-0.2, -0.15) is 0 Å². The van der Waals surface area contributed by atoms with Crippen LogP contribution in [0.15, 0.2) is 24.3 Å². The molecule has 0 amide bonds. The van der Waals surface area contributed by atoms with Crippen molar-refractivity contribution in [3.63, 3.8) is 0 Å². The van der Waals surface area contributed by atoms with Crippen molar-refractivity contribution in [2.75, 3.05) is 12.4 Å². The highest BCUT2D eigenvalue weighted by atomic mass is 16.5. The van der Waals surface area contributed by atoms with Crippen molar-refractivity contribution in [1.82, 2.24) is 0 Å². The molecule has 3 nitrogen and oxygen atoms in total. The van der Waals surface area contributed by atoms with Crippen molar-refractivity contribution in [2.24, 2.45) is 5.92 Å². The summed E-state index contributed by atoms with van der Waals surface area (Å²) in [6, 6.07) is 7.72. The molecule has 1 rings (SSSR count).